The van der Waals surface area contributed by atoms with Crippen LogP contribution in [0, 0.1) is 17.0 Å². The third kappa shape index (κ3) is 3.57. The Kier molecular flexibility index (Phi) is 4.60. The van der Waals surface area contributed by atoms with E-state index in [0.717, 1.165) is 5.56 Å². The van der Waals surface area contributed by atoms with E-state index in [1.165, 1.54) is 6.07 Å². The van der Waals surface area contributed by atoms with Crippen molar-refractivity contribution in [1.82, 2.24) is 10.1 Å². The first-order chi connectivity index (χ1) is 12.1. The van der Waals surface area contributed by atoms with Crippen molar-refractivity contribution < 1.29 is 18.9 Å². The topological polar surface area (TPSA) is 101 Å². The number of nitrogens with zero attached hydrogens (tertiary/aromatic N) is 3. The number of methoxy groups -OCH3 is 1. The third-order valence-electron chi connectivity index (χ3n) is 3.48. The molecule has 0 aliphatic carbocycles. The van der Waals surface area contributed by atoms with Gasteiger partial charge in [0.15, 0.2) is 12.4 Å². The van der Waals surface area contributed by atoms with Crippen molar-refractivity contribution in [3.8, 4) is 22.9 Å². The number of nitro benzene ring substituents is 1. The van der Waals surface area contributed by atoms with E-state index in [1.807, 2.05) is 12.1 Å². The van der Waals surface area contributed by atoms with Crippen LogP contribution in [0.5, 0.6) is 11.5 Å². The molecule has 3 aromatic rings. The van der Waals surface area contributed by atoms with Crippen LogP contribution in [0.3, 0.4) is 0 Å². The molecule has 0 saturated heterocycles. The average molecular weight is 341 g/mol. The van der Waals surface area contributed by atoms with Crippen LogP contribution >= 0.6 is 0 Å². The summed E-state index contributed by atoms with van der Waals surface area (Å²) in [4.78, 5) is 14.9. The second kappa shape index (κ2) is 7.00. The van der Waals surface area contributed by atoms with Crippen molar-refractivity contribution in [3.63, 3.8) is 0 Å². The fourth-order valence-electron chi connectivity index (χ4n) is 2.28. The molecule has 0 unspecified atom stereocenters. The van der Waals surface area contributed by atoms with E-state index in [1.54, 1.807) is 38.3 Å². The van der Waals surface area contributed by atoms with Crippen molar-refractivity contribution in [2.45, 2.75) is 13.5 Å². The second-order valence-electron chi connectivity index (χ2n) is 5.23. The molecule has 25 heavy (non-hydrogen) atoms. The molecule has 8 heteroatoms. The highest BCUT2D eigenvalue weighted by atomic mass is 16.6. The number of benzene rings is 2. The SMILES string of the molecule is COc1ccccc1-c1noc(COc2ccc(C)cc2[N+](=O)[O-])n1. The summed E-state index contributed by atoms with van der Waals surface area (Å²) >= 11 is 0. The van der Waals surface area contributed by atoms with Crippen LogP contribution in [0.4, 0.5) is 5.69 Å². The summed E-state index contributed by atoms with van der Waals surface area (Å²) in [6, 6.07) is 12.0. The van der Waals surface area contributed by atoms with Crippen LogP contribution in [0.15, 0.2) is 47.0 Å². The molecular weight excluding hydrogens is 326 g/mol. The Morgan fingerprint density at radius 2 is 2.00 bits per heavy atom. The maximum atomic E-state index is 11.1. The van der Waals surface area contributed by atoms with Gasteiger partial charge >= 0.3 is 5.69 Å². The molecular formula is C17H15N3O5. The van der Waals surface area contributed by atoms with Gasteiger partial charge in [-0.1, -0.05) is 23.4 Å². The van der Waals surface area contributed by atoms with Gasteiger partial charge in [0.05, 0.1) is 17.6 Å². The van der Waals surface area contributed by atoms with Crippen molar-refractivity contribution >= 4 is 5.69 Å². The molecule has 1 aromatic heterocycles. The largest absolute Gasteiger partial charge is 0.496 e. The number of aromatic nitrogens is 2. The van der Waals surface area contributed by atoms with Gasteiger partial charge in [-0.2, -0.15) is 4.98 Å². The minimum atomic E-state index is -0.490. The minimum absolute atomic E-state index is 0.0773. The van der Waals surface area contributed by atoms with Crippen LogP contribution in [0.25, 0.3) is 11.4 Å². The molecule has 0 radical (unpaired) electrons. The lowest BCUT2D eigenvalue weighted by atomic mass is 10.2. The number of aryl methyl sites for hydroxylation is 1. The third-order valence-corrected chi connectivity index (χ3v) is 3.48. The van der Waals surface area contributed by atoms with Crippen molar-refractivity contribution in [3.05, 3.63) is 64.0 Å². The van der Waals surface area contributed by atoms with Crippen LogP contribution in [-0.4, -0.2) is 22.2 Å². The fourth-order valence-corrected chi connectivity index (χ4v) is 2.28. The van der Waals surface area contributed by atoms with Gasteiger partial charge in [0.1, 0.15) is 5.75 Å². The van der Waals surface area contributed by atoms with Crippen molar-refractivity contribution in [2.75, 3.05) is 7.11 Å². The van der Waals surface area contributed by atoms with Crippen LogP contribution in [0.1, 0.15) is 11.5 Å². The normalized spacial score (nSPS) is 10.5. The number of rotatable bonds is 6. The highest BCUT2D eigenvalue weighted by molar-refractivity contribution is 5.63. The average Bonchev–Trinajstić information content (AvgIpc) is 3.09. The maximum absolute atomic E-state index is 11.1. The van der Waals surface area contributed by atoms with Gasteiger partial charge in [-0.15, -0.1) is 0 Å². The molecule has 0 spiro atoms. The molecule has 0 fully saturated rings. The maximum Gasteiger partial charge on any atom is 0.311 e. The van der Waals surface area contributed by atoms with Crippen molar-refractivity contribution in [2.24, 2.45) is 0 Å². The Morgan fingerprint density at radius 1 is 1.20 bits per heavy atom. The Balaban J connectivity index is 1.78. The van der Waals surface area contributed by atoms with E-state index in [0.29, 0.717) is 17.1 Å². The Bertz CT molecular complexity index is 907. The summed E-state index contributed by atoms with van der Waals surface area (Å²) in [7, 11) is 1.56. The molecule has 3 rings (SSSR count). The molecule has 0 saturated carbocycles. The quantitative estimate of drug-likeness (QED) is 0.499. The molecule has 0 N–H and O–H groups in total. The van der Waals surface area contributed by atoms with Gasteiger partial charge in [0.2, 0.25) is 5.82 Å². The summed E-state index contributed by atoms with van der Waals surface area (Å²) in [5, 5.41) is 15.0. The minimum Gasteiger partial charge on any atom is -0.496 e. The van der Waals surface area contributed by atoms with E-state index in [4.69, 9.17) is 14.0 Å². The molecule has 0 aliphatic heterocycles. The fraction of sp³-hybridized carbons (Fsp3) is 0.176. The van der Waals surface area contributed by atoms with E-state index in [9.17, 15) is 10.1 Å². The monoisotopic (exact) mass is 341 g/mol. The molecule has 0 bridgehead atoms. The van der Waals surface area contributed by atoms with Gasteiger partial charge in [-0.05, 0) is 30.7 Å². The highest BCUT2D eigenvalue weighted by Gasteiger charge is 2.17. The molecule has 2 aromatic carbocycles. The van der Waals surface area contributed by atoms with Gasteiger partial charge < -0.3 is 14.0 Å². The molecule has 0 aliphatic rings. The van der Waals surface area contributed by atoms with E-state index < -0.39 is 4.92 Å². The summed E-state index contributed by atoms with van der Waals surface area (Å²) in [6.07, 6.45) is 0. The molecule has 0 atom stereocenters. The summed E-state index contributed by atoms with van der Waals surface area (Å²) in [6.45, 7) is 1.69. The lowest BCUT2D eigenvalue weighted by Gasteiger charge is -2.05. The van der Waals surface area contributed by atoms with Gasteiger partial charge in [-0.3, -0.25) is 10.1 Å². The molecule has 1 heterocycles. The zero-order chi connectivity index (χ0) is 17.8. The smallest absolute Gasteiger partial charge is 0.311 e. The molecule has 8 nitrogen and oxygen atoms in total. The Hall–Kier alpha value is -3.42. The molecule has 0 amide bonds. The summed E-state index contributed by atoms with van der Waals surface area (Å²) < 4.78 is 15.9. The van der Waals surface area contributed by atoms with Crippen LogP contribution in [-0.2, 0) is 6.61 Å². The number of para-hydroxylation sites is 1. The van der Waals surface area contributed by atoms with Gasteiger partial charge in [0.25, 0.3) is 5.89 Å². The second-order valence-corrected chi connectivity index (χ2v) is 5.23. The number of nitro groups is 1. The zero-order valence-electron chi connectivity index (χ0n) is 13.6. The predicted octanol–water partition coefficient (Wildman–Crippen LogP) is 3.54. The first-order valence-electron chi connectivity index (χ1n) is 7.42. The summed E-state index contributed by atoms with van der Waals surface area (Å²) in [5.41, 5.74) is 1.35. The van der Waals surface area contributed by atoms with Crippen LogP contribution in [0.2, 0.25) is 0 Å². The van der Waals surface area contributed by atoms with Gasteiger partial charge in [-0.25, -0.2) is 0 Å². The zero-order valence-corrected chi connectivity index (χ0v) is 13.6. The van der Waals surface area contributed by atoms with E-state index in [-0.39, 0.29) is 23.9 Å². The lowest BCUT2D eigenvalue weighted by Crippen LogP contribution is -2.00. The molecule has 128 valence electrons. The first-order valence-corrected chi connectivity index (χ1v) is 7.42. The van der Waals surface area contributed by atoms with E-state index in [2.05, 4.69) is 10.1 Å². The highest BCUT2D eigenvalue weighted by Crippen LogP contribution is 2.29. The number of hydrogen-bond acceptors (Lipinski definition) is 7. The summed E-state index contributed by atoms with van der Waals surface area (Å²) in [5.74, 6) is 1.32. The Morgan fingerprint density at radius 3 is 2.76 bits per heavy atom. The van der Waals surface area contributed by atoms with Gasteiger partial charge in [0, 0.05) is 6.07 Å². The standard InChI is InChI=1S/C17H15N3O5/c1-11-7-8-15(13(9-11)20(21)22)24-10-16-18-17(19-25-16)12-5-3-4-6-14(12)23-2/h3-9H,10H2,1-2H3. The first kappa shape index (κ1) is 16.4. The van der Waals surface area contributed by atoms with E-state index >= 15 is 0 Å². The van der Waals surface area contributed by atoms with Crippen molar-refractivity contribution in [1.29, 1.82) is 0 Å². The number of ether oxygens (including phenoxy) is 2. The Labute approximate surface area is 143 Å². The number of hydrogen-bond donors (Lipinski definition) is 0. The van der Waals surface area contributed by atoms with Crippen LogP contribution < -0.4 is 9.47 Å². The lowest BCUT2D eigenvalue weighted by molar-refractivity contribution is -0.386. The predicted molar refractivity (Wildman–Crippen MR) is 88.5 cm³/mol.